The van der Waals surface area contributed by atoms with E-state index in [1.807, 2.05) is 39.0 Å². The smallest absolute Gasteiger partial charge is 0.410 e. The molecule has 1 N–H and O–H groups in total. The maximum atomic E-state index is 12.5. The molecule has 6 nitrogen and oxygen atoms in total. The van der Waals surface area contributed by atoms with E-state index in [9.17, 15) is 9.59 Å². The maximum Gasteiger partial charge on any atom is 0.410 e. The molecule has 1 aliphatic heterocycles. The van der Waals surface area contributed by atoms with Gasteiger partial charge in [-0.3, -0.25) is 4.79 Å². The lowest BCUT2D eigenvalue weighted by atomic mass is 9.91. The molecule has 0 aromatic heterocycles. The summed E-state index contributed by atoms with van der Waals surface area (Å²) < 4.78 is 10.7. The van der Waals surface area contributed by atoms with Crippen molar-refractivity contribution < 1.29 is 19.1 Å². The van der Waals surface area contributed by atoms with Crippen LogP contribution in [0.5, 0.6) is 0 Å². The molecule has 1 unspecified atom stereocenters. The summed E-state index contributed by atoms with van der Waals surface area (Å²) in [5.74, 6) is -0.694. The predicted molar refractivity (Wildman–Crippen MR) is 104 cm³/mol. The third kappa shape index (κ3) is 6.24. The molecule has 1 aromatic rings. The second-order valence-corrected chi connectivity index (χ2v) is 7.98. The van der Waals surface area contributed by atoms with Gasteiger partial charge in [-0.05, 0) is 46.6 Å². The molecule has 27 heavy (non-hydrogen) atoms. The van der Waals surface area contributed by atoms with E-state index >= 15 is 0 Å². The van der Waals surface area contributed by atoms with Crippen molar-refractivity contribution in [1.82, 2.24) is 10.2 Å². The molecule has 1 saturated heterocycles. The van der Waals surface area contributed by atoms with E-state index < -0.39 is 11.5 Å². The van der Waals surface area contributed by atoms with Crippen LogP contribution in [0.15, 0.2) is 30.3 Å². The molecule has 0 bridgehead atoms. The number of nitrogens with one attached hydrogen (secondary N) is 1. The fraction of sp³-hybridized carbons (Fsp3) is 0.619. The van der Waals surface area contributed by atoms with Gasteiger partial charge in [0.25, 0.3) is 0 Å². The lowest BCUT2D eigenvalue weighted by Crippen LogP contribution is -2.55. The zero-order chi connectivity index (χ0) is 20.0. The van der Waals surface area contributed by atoms with Gasteiger partial charge < -0.3 is 19.7 Å². The third-order valence-electron chi connectivity index (χ3n) is 4.62. The Bertz CT molecular complexity index is 627. The number of nitrogens with zero attached hydrogens (tertiary/aromatic N) is 1. The number of carbonyl (C=O) groups excluding carboxylic acids is 2. The van der Waals surface area contributed by atoms with Crippen LogP contribution in [-0.4, -0.2) is 48.3 Å². The molecule has 1 fully saturated rings. The summed E-state index contributed by atoms with van der Waals surface area (Å²) in [6, 6.07) is 10.2. The lowest BCUT2D eigenvalue weighted by Gasteiger charge is -2.39. The van der Waals surface area contributed by atoms with Gasteiger partial charge in [-0.15, -0.1) is 0 Å². The summed E-state index contributed by atoms with van der Waals surface area (Å²) in [6.07, 6.45) is 0.284. The molecular weight excluding hydrogens is 344 g/mol. The first-order chi connectivity index (χ1) is 12.7. The molecule has 2 rings (SSSR count). The number of piperidine rings is 1. The quantitative estimate of drug-likeness (QED) is 0.797. The zero-order valence-electron chi connectivity index (χ0n) is 17.0. The molecule has 1 aromatic carbocycles. The Hall–Kier alpha value is -2.08. The Labute approximate surface area is 162 Å². The summed E-state index contributed by atoms with van der Waals surface area (Å²) >= 11 is 0. The minimum absolute atomic E-state index is 0.0575. The molecular formula is C21H32N2O4. The van der Waals surface area contributed by atoms with Crippen molar-refractivity contribution >= 4 is 12.1 Å². The Morgan fingerprint density at radius 3 is 2.52 bits per heavy atom. The highest BCUT2D eigenvalue weighted by atomic mass is 16.6. The van der Waals surface area contributed by atoms with E-state index in [0.717, 1.165) is 5.56 Å². The summed E-state index contributed by atoms with van der Waals surface area (Å²) in [5, 5.41) is 3.55. The van der Waals surface area contributed by atoms with Gasteiger partial charge in [-0.25, -0.2) is 4.79 Å². The number of likely N-dealkylation sites (tertiary alicyclic amines) is 1. The van der Waals surface area contributed by atoms with Crippen LogP contribution < -0.4 is 5.32 Å². The number of amides is 1. The average Bonchev–Trinajstić information content (AvgIpc) is 2.61. The number of carbonyl (C=O) groups is 2. The fourth-order valence-corrected chi connectivity index (χ4v) is 3.29. The lowest BCUT2D eigenvalue weighted by molar-refractivity contribution is -0.151. The van der Waals surface area contributed by atoms with Gasteiger partial charge in [0.05, 0.1) is 12.5 Å². The Morgan fingerprint density at radius 2 is 1.93 bits per heavy atom. The second-order valence-electron chi connectivity index (χ2n) is 7.98. The van der Waals surface area contributed by atoms with E-state index in [2.05, 4.69) is 24.4 Å². The first kappa shape index (κ1) is 21.2. The Morgan fingerprint density at radius 1 is 1.26 bits per heavy atom. The van der Waals surface area contributed by atoms with Crippen LogP contribution >= 0.6 is 0 Å². The molecule has 150 valence electrons. The minimum Gasteiger partial charge on any atom is -0.466 e. The fourth-order valence-electron chi connectivity index (χ4n) is 3.29. The molecule has 0 spiro atoms. The standard InChI is InChI=1S/C21H32N2O4/c1-6-26-19(24)17-14-23(20(25)27-21(3,4)5)13-12-18(17)22-15(2)16-10-8-7-9-11-16/h7-11,15,17-18,22H,6,12-14H2,1-5H3/t15?,17-,18-/m1/s1. The van der Waals surface area contributed by atoms with Gasteiger partial charge in [-0.2, -0.15) is 0 Å². The van der Waals surface area contributed by atoms with Gasteiger partial charge in [0.15, 0.2) is 0 Å². The highest BCUT2D eigenvalue weighted by Crippen LogP contribution is 2.24. The summed E-state index contributed by atoms with van der Waals surface area (Å²) in [6.45, 7) is 10.6. The topological polar surface area (TPSA) is 67.9 Å². The Kier molecular flexibility index (Phi) is 7.25. The van der Waals surface area contributed by atoms with Gasteiger partial charge >= 0.3 is 12.1 Å². The van der Waals surface area contributed by atoms with Crippen molar-refractivity contribution in [3.8, 4) is 0 Å². The van der Waals surface area contributed by atoms with Crippen molar-refractivity contribution in [2.24, 2.45) is 5.92 Å². The first-order valence-corrected chi connectivity index (χ1v) is 9.67. The number of hydrogen-bond acceptors (Lipinski definition) is 5. The third-order valence-corrected chi connectivity index (χ3v) is 4.62. The molecule has 0 aliphatic carbocycles. The van der Waals surface area contributed by atoms with Crippen molar-refractivity contribution in [3.63, 3.8) is 0 Å². The second kappa shape index (κ2) is 9.22. The highest BCUT2D eigenvalue weighted by Gasteiger charge is 2.38. The van der Waals surface area contributed by atoms with Gasteiger partial charge in [-0.1, -0.05) is 30.3 Å². The van der Waals surface area contributed by atoms with Crippen LogP contribution in [-0.2, 0) is 14.3 Å². The summed E-state index contributed by atoms with van der Waals surface area (Å²) in [7, 11) is 0. The van der Waals surface area contributed by atoms with E-state index in [1.165, 1.54) is 0 Å². The molecule has 1 amide bonds. The summed E-state index contributed by atoms with van der Waals surface area (Å²) in [4.78, 5) is 26.6. The minimum atomic E-state index is -0.562. The van der Waals surface area contributed by atoms with Crippen molar-refractivity contribution in [2.75, 3.05) is 19.7 Å². The molecule has 1 heterocycles. The molecule has 0 saturated carbocycles. The van der Waals surface area contributed by atoms with Crippen LogP contribution in [0.2, 0.25) is 0 Å². The molecule has 6 heteroatoms. The van der Waals surface area contributed by atoms with Crippen molar-refractivity contribution in [3.05, 3.63) is 35.9 Å². The maximum absolute atomic E-state index is 12.5. The van der Waals surface area contributed by atoms with E-state index in [0.29, 0.717) is 26.1 Å². The zero-order valence-corrected chi connectivity index (χ0v) is 17.0. The van der Waals surface area contributed by atoms with Gasteiger partial charge in [0.2, 0.25) is 0 Å². The van der Waals surface area contributed by atoms with E-state index in [1.54, 1.807) is 11.8 Å². The molecule has 1 aliphatic rings. The van der Waals surface area contributed by atoms with Crippen molar-refractivity contribution in [2.45, 2.75) is 58.7 Å². The van der Waals surface area contributed by atoms with E-state index in [4.69, 9.17) is 9.47 Å². The monoisotopic (exact) mass is 376 g/mol. The normalized spacial score (nSPS) is 21.4. The Balaban J connectivity index is 2.08. The predicted octanol–water partition coefficient (Wildman–Crippen LogP) is 3.53. The molecule has 3 atom stereocenters. The van der Waals surface area contributed by atoms with Crippen LogP contribution in [0.3, 0.4) is 0 Å². The number of hydrogen-bond donors (Lipinski definition) is 1. The average molecular weight is 376 g/mol. The highest BCUT2D eigenvalue weighted by molar-refractivity contribution is 5.76. The van der Waals surface area contributed by atoms with Crippen molar-refractivity contribution in [1.29, 1.82) is 0 Å². The number of esters is 1. The van der Waals surface area contributed by atoms with Crippen LogP contribution in [0, 0.1) is 5.92 Å². The molecule has 0 radical (unpaired) electrons. The van der Waals surface area contributed by atoms with E-state index in [-0.39, 0.29) is 24.1 Å². The first-order valence-electron chi connectivity index (χ1n) is 9.67. The SMILES string of the molecule is CCOC(=O)[C@@H]1CN(C(=O)OC(C)(C)C)CC[C@H]1NC(C)c1ccccc1. The van der Waals surface area contributed by atoms with Crippen LogP contribution in [0.1, 0.15) is 52.6 Å². The number of ether oxygens (including phenoxy) is 2. The van der Waals surface area contributed by atoms with Crippen LogP contribution in [0.4, 0.5) is 4.79 Å². The summed E-state index contributed by atoms with van der Waals surface area (Å²) in [5.41, 5.74) is 0.600. The largest absolute Gasteiger partial charge is 0.466 e. The number of rotatable bonds is 5. The van der Waals surface area contributed by atoms with Gasteiger partial charge in [0, 0.05) is 25.2 Å². The van der Waals surface area contributed by atoms with Gasteiger partial charge in [0.1, 0.15) is 5.60 Å². The number of benzene rings is 1. The van der Waals surface area contributed by atoms with Crippen LogP contribution in [0.25, 0.3) is 0 Å².